The molecule has 2 atom stereocenters. The molecule has 0 nitrogen and oxygen atoms in total. The number of rotatable bonds is 12. The molecule has 0 heterocycles. The van der Waals surface area contributed by atoms with Gasteiger partial charge in [0.15, 0.2) is 8.07 Å². The van der Waals surface area contributed by atoms with Crippen LogP contribution >= 0.6 is 0 Å². The van der Waals surface area contributed by atoms with Crippen LogP contribution < -0.4 is 15.6 Å². The summed E-state index contributed by atoms with van der Waals surface area (Å²) in [5, 5.41) is 4.72. The predicted octanol–water partition coefficient (Wildman–Crippen LogP) is 11.8. The summed E-state index contributed by atoms with van der Waals surface area (Å²) in [5.41, 5.74) is 10.7. The van der Waals surface area contributed by atoms with E-state index in [1.807, 2.05) is 0 Å². The van der Waals surface area contributed by atoms with Crippen molar-refractivity contribution < 1.29 is 0 Å². The molecule has 0 N–H and O–H groups in total. The van der Waals surface area contributed by atoms with Gasteiger partial charge in [0.05, 0.1) is 0 Å². The fourth-order valence-electron chi connectivity index (χ4n) is 7.16. The Morgan fingerprint density at radius 2 is 0.739 bits per heavy atom. The summed E-state index contributed by atoms with van der Waals surface area (Å²) in [4.78, 5) is 0. The SMILES string of the molecule is CCC(C)C1=CC([Si](c2cc(C(C)C)cc(C(C)C)c2)(c2cc(C(C)C)cc(C(C)C)c2)c2cc(C(C)C)cc(C(C)C)c2)C=C1. The van der Waals surface area contributed by atoms with Gasteiger partial charge in [-0.3, -0.25) is 0 Å². The smallest absolute Gasteiger partial charge is 0.0790 e. The van der Waals surface area contributed by atoms with Crippen molar-refractivity contribution in [1.29, 1.82) is 0 Å². The van der Waals surface area contributed by atoms with Crippen molar-refractivity contribution >= 4 is 23.6 Å². The monoisotopic (exact) mass is 632 g/mol. The van der Waals surface area contributed by atoms with E-state index in [4.69, 9.17) is 0 Å². The van der Waals surface area contributed by atoms with Crippen LogP contribution in [0.5, 0.6) is 0 Å². The highest BCUT2D eigenvalue weighted by molar-refractivity contribution is 7.13. The van der Waals surface area contributed by atoms with Crippen molar-refractivity contribution in [2.24, 2.45) is 5.92 Å². The zero-order valence-corrected chi connectivity index (χ0v) is 32.8. The van der Waals surface area contributed by atoms with Crippen LogP contribution in [0.3, 0.4) is 0 Å². The molecular weight excluding hydrogens is 569 g/mol. The molecule has 46 heavy (non-hydrogen) atoms. The lowest BCUT2D eigenvalue weighted by molar-refractivity contribution is 0.671. The van der Waals surface area contributed by atoms with E-state index in [2.05, 4.69) is 170 Å². The van der Waals surface area contributed by atoms with Gasteiger partial charge in [-0.15, -0.1) is 0 Å². The normalized spacial score (nSPS) is 16.2. The molecule has 1 aliphatic rings. The van der Waals surface area contributed by atoms with Gasteiger partial charge in [-0.2, -0.15) is 0 Å². The summed E-state index contributed by atoms with van der Waals surface area (Å²) in [5.74, 6) is 3.37. The summed E-state index contributed by atoms with van der Waals surface area (Å²) < 4.78 is 0. The first-order valence-electron chi connectivity index (χ1n) is 18.5. The van der Waals surface area contributed by atoms with Crippen LogP contribution in [0.15, 0.2) is 78.4 Å². The van der Waals surface area contributed by atoms with Crippen LogP contribution in [0.2, 0.25) is 5.54 Å². The van der Waals surface area contributed by atoms with Crippen molar-refractivity contribution in [2.75, 3.05) is 0 Å². The molecule has 0 saturated carbocycles. The molecule has 0 amide bonds. The Bertz CT molecular complexity index is 1330. The summed E-state index contributed by atoms with van der Waals surface area (Å²) in [6.45, 7) is 33.2. The van der Waals surface area contributed by atoms with Crippen molar-refractivity contribution in [3.05, 3.63) is 112 Å². The molecule has 4 rings (SSSR count). The molecule has 1 aliphatic carbocycles. The highest BCUT2D eigenvalue weighted by Crippen LogP contribution is 2.38. The van der Waals surface area contributed by atoms with Crippen LogP contribution in [0.4, 0.5) is 0 Å². The zero-order valence-electron chi connectivity index (χ0n) is 31.8. The molecule has 0 aromatic heterocycles. The molecule has 0 radical (unpaired) electrons. The van der Waals surface area contributed by atoms with Crippen LogP contribution in [-0.4, -0.2) is 8.07 Å². The van der Waals surface area contributed by atoms with Gasteiger partial charge in [0.1, 0.15) is 0 Å². The zero-order chi connectivity index (χ0) is 34.1. The quantitative estimate of drug-likeness (QED) is 0.138. The van der Waals surface area contributed by atoms with Gasteiger partial charge in [-0.25, -0.2) is 0 Å². The molecule has 0 fully saturated rings. The molecule has 2 unspecified atom stereocenters. The Labute approximate surface area is 284 Å². The van der Waals surface area contributed by atoms with E-state index in [1.165, 1.54) is 45.4 Å². The Morgan fingerprint density at radius 1 is 0.457 bits per heavy atom. The second kappa shape index (κ2) is 14.6. The number of allylic oxidation sites excluding steroid dienone is 4. The Hall–Kier alpha value is -2.64. The molecular formula is C45H64Si. The van der Waals surface area contributed by atoms with Crippen LogP contribution in [-0.2, 0) is 0 Å². The van der Waals surface area contributed by atoms with E-state index in [9.17, 15) is 0 Å². The Kier molecular flexibility index (Phi) is 11.5. The second-order valence-corrected chi connectivity index (χ2v) is 20.3. The lowest BCUT2D eigenvalue weighted by Crippen LogP contribution is -2.69. The van der Waals surface area contributed by atoms with Crippen molar-refractivity contribution in [3.8, 4) is 0 Å². The highest BCUT2D eigenvalue weighted by atomic mass is 28.3. The third kappa shape index (κ3) is 7.25. The Morgan fingerprint density at radius 3 is 0.978 bits per heavy atom. The van der Waals surface area contributed by atoms with Gasteiger partial charge in [0.2, 0.25) is 0 Å². The fourth-order valence-corrected chi connectivity index (χ4v) is 12.5. The van der Waals surface area contributed by atoms with E-state index < -0.39 is 8.07 Å². The van der Waals surface area contributed by atoms with Crippen LogP contribution in [0.1, 0.15) is 172 Å². The summed E-state index contributed by atoms with van der Waals surface area (Å²) in [6.07, 6.45) is 8.96. The van der Waals surface area contributed by atoms with E-state index in [-0.39, 0.29) is 0 Å². The predicted molar refractivity (Wildman–Crippen MR) is 209 cm³/mol. The maximum absolute atomic E-state index is 2.72. The van der Waals surface area contributed by atoms with Gasteiger partial charge in [0.25, 0.3) is 0 Å². The maximum atomic E-state index is 2.70. The number of hydrogen-bond donors (Lipinski definition) is 0. The molecule has 0 saturated heterocycles. The Balaban J connectivity index is 2.32. The number of benzene rings is 3. The first-order valence-corrected chi connectivity index (χ1v) is 20.5. The van der Waals surface area contributed by atoms with Crippen molar-refractivity contribution in [1.82, 2.24) is 0 Å². The van der Waals surface area contributed by atoms with E-state index in [0.717, 1.165) is 0 Å². The van der Waals surface area contributed by atoms with Gasteiger partial charge < -0.3 is 0 Å². The average molecular weight is 633 g/mol. The third-order valence-electron chi connectivity index (χ3n) is 10.8. The molecule has 3 aromatic rings. The summed E-state index contributed by atoms with van der Waals surface area (Å²) in [6, 6.07) is 23.3. The van der Waals surface area contributed by atoms with Gasteiger partial charge in [-0.1, -0.05) is 170 Å². The molecule has 3 aromatic carbocycles. The minimum absolute atomic E-state index is 0.337. The van der Waals surface area contributed by atoms with Gasteiger partial charge >= 0.3 is 0 Å². The molecule has 0 aliphatic heterocycles. The van der Waals surface area contributed by atoms with Crippen LogP contribution in [0, 0.1) is 5.92 Å². The first kappa shape index (κ1) is 36.2. The third-order valence-corrected chi connectivity index (χ3v) is 15.8. The number of hydrogen-bond acceptors (Lipinski definition) is 0. The van der Waals surface area contributed by atoms with Crippen LogP contribution in [0.25, 0.3) is 0 Å². The first-order chi connectivity index (χ1) is 21.6. The highest BCUT2D eigenvalue weighted by Gasteiger charge is 2.47. The fraction of sp³-hybridized carbons (Fsp3) is 0.511. The van der Waals surface area contributed by atoms with E-state index >= 15 is 0 Å². The van der Waals surface area contributed by atoms with Crippen molar-refractivity contribution in [3.63, 3.8) is 0 Å². The average Bonchev–Trinajstić information content (AvgIpc) is 3.51. The summed E-state index contributed by atoms with van der Waals surface area (Å²) >= 11 is 0. The lowest BCUT2D eigenvalue weighted by Gasteiger charge is -2.40. The van der Waals surface area contributed by atoms with Crippen molar-refractivity contribution in [2.45, 2.75) is 144 Å². The molecule has 0 spiro atoms. The van der Waals surface area contributed by atoms with Gasteiger partial charge in [-0.05, 0) is 102 Å². The minimum Gasteiger partial charge on any atom is -0.0790 e. The topological polar surface area (TPSA) is 0 Å². The summed E-state index contributed by atoms with van der Waals surface area (Å²) in [7, 11) is -2.72. The van der Waals surface area contributed by atoms with E-state index in [0.29, 0.717) is 47.0 Å². The molecule has 248 valence electrons. The van der Waals surface area contributed by atoms with E-state index in [1.54, 1.807) is 15.6 Å². The lowest BCUT2D eigenvalue weighted by atomic mass is 9.95. The standard InChI is InChI=1S/C45H64Si/c1-15-34(14)35-16-17-42(21-35)46(43-22-36(28(2)3)18-37(23-43)29(4)5,44-24-38(30(6)7)19-39(25-44)31(8)9)45-26-40(32(10)11)20-41(27-45)33(12)13/h16-34,42H,15H2,1-14H3. The largest absolute Gasteiger partial charge is 0.158 e. The second-order valence-electron chi connectivity index (χ2n) is 16.3. The maximum Gasteiger partial charge on any atom is 0.158 e. The molecule has 0 bridgehead atoms. The van der Waals surface area contributed by atoms with Gasteiger partial charge in [0, 0.05) is 5.54 Å². The minimum atomic E-state index is -2.72. The molecule has 1 heteroatoms.